The van der Waals surface area contributed by atoms with Crippen molar-refractivity contribution >= 4 is 45.3 Å². The third-order valence-corrected chi connectivity index (χ3v) is 4.73. The van der Waals surface area contributed by atoms with E-state index in [0.29, 0.717) is 22.5 Å². The molecular weight excluding hydrogens is 376 g/mol. The van der Waals surface area contributed by atoms with Crippen LogP contribution in [0.5, 0.6) is 0 Å². The largest absolute Gasteiger partial charge is 0.399 e. The molecule has 6 heteroatoms. The molecule has 0 atom stereocenters. The fraction of sp³-hybridized carbons (Fsp3) is 0. The summed E-state index contributed by atoms with van der Waals surface area (Å²) in [7, 11) is 0. The first-order chi connectivity index (χ1) is 14.5. The van der Waals surface area contributed by atoms with Crippen LogP contribution in [0.2, 0.25) is 0 Å². The van der Waals surface area contributed by atoms with Gasteiger partial charge in [-0.25, -0.2) is 0 Å². The van der Waals surface area contributed by atoms with Crippen LogP contribution >= 0.6 is 0 Å². The first kappa shape index (κ1) is 19.0. The van der Waals surface area contributed by atoms with E-state index in [4.69, 9.17) is 11.5 Å². The number of hydrogen-bond donors (Lipinski definition) is 4. The SMILES string of the molecule is NC(=O)c1ccc2cc(C(=O)Nc3ccc(Nc4ccc(N)cc4)cc3)ccc2c1. The highest BCUT2D eigenvalue weighted by Gasteiger charge is 2.09. The van der Waals surface area contributed by atoms with Crippen LogP contribution in [0.3, 0.4) is 0 Å². The van der Waals surface area contributed by atoms with Crippen molar-refractivity contribution in [3.63, 3.8) is 0 Å². The molecule has 0 unspecified atom stereocenters. The Morgan fingerprint density at radius 3 is 1.73 bits per heavy atom. The van der Waals surface area contributed by atoms with Crippen molar-refractivity contribution in [3.05, 3.63) is 96.1 Å². The number of anilines is 4. The Balaban J connectivity index is 1.46. The molecule has 0 aliphatic carbocycles. The van der Waals surface area contributed by atoms with Crippen LogP contribution in [0, 0.1) is 0 Å². The molecule has 6 nitrogen and oxygen atoms in total. The molecule has 0 radical (unpaired) electrons. The minimum absolute atomic E-state index is 0.213. The molecule has 0 bridgehead atoms. The van der Waals surface area contributed by atoms with Crippen LogP contribution in [-0.4, -0.2) is 11.8 Å². The summed E-state index contributed by atoms with van der Waals surface area (Å²) < 4.78 is 0. The van der Waals surface area contributed by atoms with E-state index in [2.05, 4.69) is 10.6 Å². The van der Waals surface area contributed by atoms with Crippen LogP contribution in [0.15, 0.2) is 84.9 Å². The van der Waals surface area contributed by atoms with E-state index in [1.54, 1.807) is 36.4 Å². The zero-order valence-corrected chi connectivity index (χ0v) is 16.1. The standard InChI is InChI=1S/C24H20N4O2/c25-19-5-7-20(8-6-19)27-21-9-11-22(12-10-21)28-24(30)18-4-2-15-13-17(23(26)29)3-1-16(15)14-18/h1-14,27H,25H2,(H2,26,29)(H,28,30). The molecule has 4 aromatic rings. The van der Waals surface area contributed by atoms with Crippen molar-refractivity contribution in [2.24, 2.45) is 5.73 Å². The van der Waals surface area contributed by atoms with Gasteiger partial charge in [-0.05, 0) is 83.6 Å². The van der Waals surface area contributed by atoms with Gasteiger partial charge in [-0.15, -0.1) is 0 Å². The van der Waals surface area contributed by atoms with Crippen LogP contribution < -0.4 is 22.1 Å². The van der Waals surface area contributed by atoms with Crippen LogP contribution in [0.1, 0.15) is 20.7 Å². The topological polar surface area (TPSA) is 110 Å². The molecule has 4 rings (SSSR count). The van der Waals surface area contributed by atoms with E-state index in [1.165, 1.54) is 0 Å². The molecule has 0 aliphatic heterocycles. The maximum Gasteiger partial charge on any atom is 0.255 e. The Morgan fingerprint density at radius 1 is 0.633 bits per heavy atom. The van der Waals surface area contributed by atoms with Crippen molar-refractivity contribution in [1.82, 2.24) is 0 Å². The second kappa shape index (κ2) is 7.97. The maximum absolute atomic E-state index is 12.6. The first-order valence-electron chi connectivity index (χ1n) is 9.35. The predicted octanol–water partition coefficient (Wildman–Crippen LogP) is 4.52. The molecular formula is C24H20N4O2. The number of benzene rings is 4. The molecule has 0 spiro atoms. The van der Waals surface area contributed by atoms with Crippen LogP contribution in [-0.2, 0) is 0 Å². The Bertz CT molecular complexity index is 1230. The fourth-order valence-corrected chi connectivity index (χ4v) is 3.11. The molecule has 0 aromatic heterocycles. The Hall–Kier alpha value is -4.32. The minimum atomic E-state index is -0.479. The van der Waals surface area contributed by atoms with Gasteiger partial charge in [-0.1, -0.05) is 12.1 Å². The number of nitrogen functional groups attached to an aromatic ring is 1. The van der Waals surface area contributed by atoms with Gasteiger partial charge in [-0.3, -0.25) is 9.59 Å². The van der Waals surface area contributed by atoms with Gasteiger partial charge in [0.25, 0.3) is 5.91 Å². The van der Waals surface area contributed by atoms with E-state index >= 15 is 0 Å². The van der Waals surface area contributed by atoms with Gasteiger partial charge in [-0.2, -0.15) is 0 Å². The number of nitrogens with two attached hydrogens (primary N) is 2. The van der Waals surface area contributed by atoms with Gasteiger partial charge in [0.15, 0.2) is 0 Å². The third kappa shape index (κ3) is 4.23. The summed E-state index contributed by atoms with van der Waals surface area (Å²) in [4.78, 5) is 23.9. The smallest absolute Gasteiger partial charge is 0.255 e. The average molecular weight is 396 g/mol. The molecule has 0 fully saturated rings. The van der Waals surface area contributed by atoms with Gasteiger partial charge < -0.3 is 22.1 Å². The minimum Gasteiger partial charge on any atom is -0.399 e. The molecule has 0 aliphatic rings. The highest BCUT2D eigenvalue weighted by atomic mass is 16.2. The van der Waals surface area contributed by atoms with Crippen molar-refractivity contribution in [2.75, 3.05) is 16.4 Å². The number of hydrogen-bond acceptors (Lipinski definition) is 4. The lowest BCUT2D eigenvalue weighted by Crippen LogP contribution is -2.12. The fourth-order valence-electron chi connectivity index (χ4n) is 3.11. The highest BCUT2D eigenvalue weighted by molar-refractivity contribution is 6.07. The average Bonchev–Trinajstić information content (AvgIpc) is 2.76. The molecule has 0 heterocycles. The number of carbonyl (C=O) groups is 2. The lowest BCUT2D eigenvalue weighted by atomic mass is 10.0. The molecule has 30 heavy (non-hydrogen) atoms. The van der Waals surface area contributed by atoms with Gasteiger partial charge in [0, 0.05) is 33.9 Å². The highest BCUT2D eigenvalue weighted by Crippen LogP contribution is 2.22. The number of amides is 2. The zero-order chi connectivity index (χ0) is 21.1. The second-order valence-corrected chi connectivity index (χ2v) is 6.92. The van der Waals surface area contributed by atoms with E-state index < -0.39 is 5.91 Å². The van der Waals surface area contributed by atoms with E-state index in [-0.39, 0.29) is 5.91 Å². The summed E-state index contributed by atoms with van der Waals surface area (Å²) in [6.45, 7) is 0. The number of carbonyl (C=O) groups excluding carboxylic acids is 2. The summed E-state index contributed by atoms with van der Waals surface area (Å²) in [6.07, 6.45) is 0. The van der Waals surface area contributed by atoms with Crippen molar-refractivity contribution < 1.29 is 9.59 Å². The summed E-state index contributed by atoms with van der Waals surface area (Å²) in [6, 6.07) is 25.3. The van der Waals surface area contributed by atoms with Crippen LogP contribution in [0.4, 0.5) is 22.7 Å². The normalized spacial score (nSPS) is 10.5. The van der Waals surface area contributed by atoms with Gasteiger partial charge in [0.2, 0.25) is 5.91 Å². The van der Waals surface area contributed by atoms with Gasteiger partial charge >= 0.3 is 0 Å². The second-order valence-electron chi connectivity index (χ2n) is 6.92. The maximum atomic E-state index is 12.6. The van der Waals surface area contributed by atoms with Crippen molar-refractivity contribution in [1.29, 1.82) is 0 Å². The molecule has 4 aromatic carbocycles. The number of primary amides is 1. The quantitative estimate of drug-likeness (QED) is 0.372. The lowest BCUT2D eigenvalue weighted by molar-refractivity contribution is 0.0997. The molecule has 6 N–H and O–H groups in total. The van der Waals surface area contributed by atoms with Gasteiger partial charge in [0.05, 0.1) is 0 Å². The molecule has 148 valence electrons. The van der Waals surface area contributed by atoms with Gasteiger partial charge in [0.1, 0.15) is 0 Å². The third-order valence-electron chi connectivity index (χ3n) is 4.73. The monoisotopic (exact) mass is 396 g/mol. The number of rotatable bonds is 5. The molecule has 2 amide bonds. The van der Waals surface area contributed by atoms with Crippen molar-refractivity contribution in [2.45, 2.75) is 0 Å². The number of nitrogens with one attached hydrogen (secondary N) is 2. The Morgan fingerprint density at radius 2 is 1.13 bits per heavy atom. The van der Waals surface area contributed by atoms with E-state index in [9.17, 15) is 9.59 Å². The molecule has 0 saturated carbocycles. The number of fused-ring (bicyclic) bond motifs is 1. The Labute approximate surface area is 173 Å². The lowest BCUT2D eigenvalue weighted by Gasteiger charge is -2.10. The molecule has 0 saturated heterocycles. The van der Waals surface area contributed by atoms with Crippen molar-refractivity contribution in [3.8, 4) is 0 Å². The zero-order valence-electron chi connectivity index (χ0n) is 16.1. The van der Waals surface area contributed by atoms with E-state index in [0.717, 1.165) is 22.1 Å². The predicted molar refractivity (Wildman–Crippen MR) is 121 cm³/mol. The summed E-state index contributed by atoms with van der Waals surface area (Å²) in [5, 5.41) is 7.87. The van der Waals surface area contributed by atoms with E-state index in [1.807, 2.05) is 48.5 Å². The van der Waals surface area contributed by atoms with Crippen LogP contribution in [0.25, 0.3) is 10.8 Å². The summed E-state index contributed by atoms with van der Waals surface area (Å²) in [5.74, 6) is -0.692. The summed E-state index contributed by atoms with van der Waals surface area (Å²) in [5.41, 5.74) is 15.2. The first-order valence-corrected chi connectivity index (χ1v) is 9.35. The Kier molecular flexibility index (Phi) is 5.05. The summed E-state index contributed by atoms with van der Waals surface area (Å²) >= 11 is 0.